The van der Waals surface area contributed by atoms with Gasteiger partial charge in [-0.15, -0.1) is 24.8 Å². The van der Waals surface area contributed by atoms with Gasteiger partial charge in [0.2, 0.25) is 0 Å². The van der Waals surface area contributed by atoms with Crippen LogP contribution in [-0.4, -0.2) is 46.7 Å². The first kappa shape index (κ1) is 24.0. The zero-order valence-electron chi connectivity index (χ0n) is 15.1. The van der Waals surface area contributed by atoms with Crippen molar-refractivity contribution in [2.24, 2.45) is 5.92 Å². The molecule has 27 heavy (non-hydrogen) atoms. The largest absolute Gasteiger partial charge is 0.365 e. The van der Waals surface area contributed by atoms with Crippen molar-refractivity contribution in [1.82, 2.24) is 15.4 Å². The zero-order chi connectivity index (χ0) is 17.6. The summed E-state index contributed by atoms with van der Waals surface area (Å²) in [6, 6.07) is 2.12. The molecule has 0 aromatic carbocycles. The number of hydroxylamine groups is 1. The summed E-state index contributed by atoms with van der Waals surface area (Å²) in [5.41, 5.74) is 2.25. The lowest BCUT2D eigenvalue weighted by molar-refractivity contribution is -0.124. The van der Waals surface area contributed by atoms with E-state index >= 15 is 0 Å². The van der Waals surface area contributed by atoms with E-state index < -0.39 is 5.91 Å². The van der Waals surface area contributed by atoms with Gasteiger partial charge in [-0.25, -0.2) is 10.5 Å². The number of rotatable bonds is 6. The number of likely N-dealkylation sites (tertiary alicyclic amines) is 1. The van der Waals surface area contributed by atoms with Crippen LogP contribution >= 0.6 is 36.4 Å². The van der Waals surface area contributed by atoms with Crippen molar-refractivity contribution < 1.29 is 10.0 Å². The fourth-order valence-electron chi connectivity index (χ4n) is 3.73. The summed E-state index contributed by atoms with van der Waals surface area (Å²) in [6.07, 6.45) is 11.1. The van der Waals surface area contributed by atoms with E-state index in [0.29, 0.717) is 22.4 Å². The molecule has 2 fully saturated rings. The molecule has 0 spiro atoms. The molecule has 1 aliphatic heterocycles. The van der Waals surface area contributed by atoms with E-state index in [9.17, 15) is 4.79 Å². The Hall–Kier alpha value is -1.05. The fraction of sp³-hybridized carbons (Fsp3) is 0.556. The molecule has 1 saturated carbocycles. The second kappa shape index (κ2) is 11.7. The molecule has 1 aromatic heterocycles. The van der Waals surface area contributed by atoms with Crippen LogP contribution < -0.4 is 10.8 Å². The molecule has 2 aliphatic rings. The Morgan fingerprint density at radius 3 is 2.74 bits per heavy atom. The number of halogens is 3. The molecule has 9 heteroatoms. The Kier molecular flexibility index (Phi) is 10.4. The van der Waals surface area contributed by atoms with Crippen LogP contribution in [0, 0.1) is 5.92 Å². The maximum atomic E-state index is 11.0. The van der Waals surface area contributed by atoms with E-state index in [1.807, 2.05) is 0 Å². The average Bonchev–Trinajstić information content (AvgIpc) is 3.27. The van der Waals surface area contributed by atoms with Gasteiger partial charge in [-0.3, -0.25) is 10.0 Å². The highest BCUT2D eigenvalue weighted by molar-refractivity contribution is 6.33. The highest BCUT2D eigenvalue weighted by atomic mass is 35.5. The third-order valence-corrected chi connectivity index (χ3v) is 5.29. The Labute approximate surface area is 177 Å². The molecule has 3 N–H and O–H groups in total. The number of nitrogens with one attached hydrogen (secondary N) is 2. The third kappa shape index (κ3) is 7.12. The Bertz CT molecular complexity index is 639. The first-order valence-electron chi connectivity index (χ1n) is 8.90. The molecule has 6 nitrogen and oxygen atoms in total. The normalized spacial score (nSPS) is 20.3. The van der Waals surface area contributed by atoms with E-state index in [4.69, 9.17) is 16.8 Å². The van der Waals surface area contributed by atoms with Gasteiger partial charge in [0.1, 0.15) is 5.82 Å². The smallest absolute Gasteiger partial charge is 0.267 e. The third-order valence-electron chi connectivity index (χ3n) is 5.00. The number of nitrogens with zero attached hydrogens (tertiary/aromatic N) is 2. The predicted octanol–water partition coefficient (Wildman–Crippen LogP) is 3.77. The Morgan fingerprint density at radius 2 is 2.07 bits per heavy atom. The van der Waals surface area contributed by atoms with Crippen LogP contribution in [0.3, 0.4) is 0 Å². The molecule has 1 amide bonds. The highest BCUT2D eigenvalue weighted by Crippen LogP contribution is 2.28. The summed E-state index contributed by atoms with van der Waals surface area (Å²) in [6.45, 7) is 3.38. The maximum Gasteiger partial charge on any atom is 0.267 e. The van der Waals surface area contributed by atoms with Crippen LogP contribution in [-0.2, 0) is 4.79 Å². The molecule has 152 valence electrons. The monoisotopic (exact) mass is 436 g/mol. The number of pyridine rings is 1. The van der Waals surface area contributed by atoms with E-state index in [2.05, 4.69) is 15.2 Å². The van der Waals surface area contributed by atoms with Gasteiger partial charge in [0.15, 0.2) is 0 Å². The van der Waals surface area contributed by atoms with Gasteiger partial charge < -0.3 is 10.2 Å². The minimum absolute atomic E-state index is 0. The second-order valence-corrected chi connectivity index (χ2v) is 7.36. The van der Waals surface area contributed by atoms with Gasteiger partial charge >= 0.3 is 0 Å². The van der Waals surface area contributed by atoms with Crippen molar-refractivity contribution in [3.05, 3.63) is 28.9 Å². The topological polar surface area (TPSA) is 77.5 Å². The SMILES string of the molecule is Cl.Cl.O=C(C=Cc1cnc(N[C@@H]2CCN(CC3CCCC3)C2)c(Cl)c1)NO. The standard InChI is InChI=1S/C18H25ClN4O2.2ClH/c19-16-9-14(5-6-17(24)22-25)10-20-18(16)21-15-7-8-23(12-15)11-13-3-1-2-4-13;;/h5-6,9-10,13,15,25H,1-4,7-8,11-12H2,(H,20,21)(H,22,24);2*1H/t15-;;/m1../s1. The zero-order valence-corrected chi connectivity index (χ0v) is 17.5. The first-order valence-corrected chi connectivity index (χ1v) is 9.28. The Morgan fingerprint density at radius 1 is 1.33 bits per heavy atom. The molecular formula is C18H27Cl3N4O2. The lowest BCUT2D eigenvalue weighted by Crippen LogP contribution is -2.30. The summed E-state index contributed by atoms with van der Waals surface area (Å²) < 4.78 is 0. The van der Waals surface area contributed by atoms with Crippen molar-refractivity contribution in [2.75, 3.05) is 25.0 Å². The van der Waals surface area contributed by atoms with Crippen LogP contribution in [0.2, 0.25) is 5.02 Å². The quantitative estimate of drug-likeness (QED) is 0.359. The summed E-state index contributed by atoms with van der Waals surface area (Å²) in [7, 11) is 0. The molecule has 0 radical (unpaired) electrons. The van der Waals surface area contributed by atoms with Crippen molar-refractivity contribution in [2.45, 2.75) is 38.1 Å². The van der Waals surface area contributed by atoms with Crippen LogP contribution in [0.15, 0.2) is 18.3 Å². The summed E-state index contributed by atoms with van der Waals surface area (Å²) in [5.74, 6) is 0.965. The number of carbonyl (C=O) groups excluding carboxylic acids is 1. The van der Waals surface area contributed by atoms with Gasteiger partial charge in [0.25, 0.3) is 5.91 Å². The van der Waals surface area contributed by atoms with Crippen LogP contribution in [0.5, 0.6) is 0 Å². The average molecular weight is 438 g/mol. The van der Waals surface area contributed by atoms with E-state index in [1.54, 1.807) is 23.8 Å². The van der Waals surface area contributed by atoms with Gasteiger partial charge in [-0.1, -0.05) is 24.4 Å². The number of hydrogen-bond acceptors (Lipinski definition) is 5. The summed E-state index contributed by atoms with van der Waals surface area (Å²) in [5, 5.41) is 12.4. The number of aromatic nitrogens is 1. The lowest BCUT2D eigenvalue weighted by atomic mass is 10.1. The lowest BCUT2D eigenvalue weighted by Gasteiger charge is -2.20. The van der Waals surface area contributed by atoms with Crippen molar-refractivity contribution in [1.29, 1.82) is 0 Å². The molecule has 1 aliphatic carbocycles. The van der Waals surface area contributed by atoms with Gasteiger partial charge in [-0.2, -0.15) is 0 Å². The highest BCUT2D eigenvalue weighted by Gasteiger charge is 2.26. The van der Waals surface area contributed by atoms with Gasteiger partial charge in [0.05, 0.1) is 5.02 Å². The molecule has 0 bridgehead atoms. The maximum absolute atomic E-state index is 11.0. The fourth-order valence-corrected chi connectivity index (χ4v) is 3.96. The number of carbonyl (C=O) groups is 1. The van der Waals surface area contributed by atoms with E-state index in [-0.39, 0.29) is 24.8 Å². The van der Waals surface area contributed by atoms with Crippen LogP contribution in [0.25, 0.3) is 6.08 Å². The van der Waals surface area contributed by atoms with Crippen molar-refractivity contribution in [3.63, 3.8) is 0 Å². The van der Waals surface area contributed by atoms with E-state index in [0.717, 1.165) is 25.4 Å². The van der Waals surface area contributed by atoms with Gasteiger partial charge in [0, 0.05) is 37.9 Å². The molecular weight excluding hydrogens is 411 g/mol. The van der Waals surface area contributed by atoms with Crippen molar-refractivity contribution in [3.8, 4) is 0 Å². The van der Waals surface area contributed by atoms with Crippen LogP contribution in [0.4, 0.5) is 5.82 Å². The second-order valence-electron chi connectivity index (χ2n) is 6.95. The molecule has 1 aromatic rings. The summed E-state index contributed by atoms with van der Waals surface area (Å²) in [4.78, 5) is 17.9. The van der Waals surface area contributed by atoms with Crippen LogP contribution in [0.1, 0.15) is 37.7 Å². The van der Waals surface area contributed by atoms with Gasteiger partial charge in [-0.05, 0) is 42.9 Å². The minimum Gasteiger partial charge on any atom is -0.365 e. The minimum atomic E-state index is -0.591. The first-order chi connectivity index (χ1) is 12.1. The molecule has 0 unspecified atom stereocenters. The molecule has 2 heterocycles. The van der Waals surface area contributed by atoms with Crippen molar-refractivity contribution >= 4 is 54.2 Å². The molecule has 1 saturated heterocycles. The number of hydrogen-bond donors (Lipinski definition) is 3. The molecule has 3 rings (SSSR count). The predicted molar refractivity (Wildman–Crippen MR) is 113 cm³/mol. The summed E-state index contributed by atoms with van der Waals surface area (Å²) >= 11 is 6.31. The van der Waals surface area contributed by atoms with E-state index in [1.165, 1.54) is 38.3 Å². The molecule has 1 atom stereocenters. The number of anilines is 1. The number of amides is 1. The Balaban J connectivity index is 0.00000182.